The summed E-state index contributed by atoms with van der Waals surface area (Å²) in [5, 5.41) is 12.6. The van der Waals surface area contributed by atoms with Crippen LogP contribution in [0, 0.1) is 11.7 Å². The van der Waals surface area contributed by atoms with Gasteiger partial charge >= 0.3 is 0 Å². The van der Waals surface area contributed by atoms with Gasteiger partial charge in [-0.25, -0.2) is 4.39 Å². The van der Waals surface area contributed by atoms with Gasteiger partial charge in [0.05, 0.1) is 6.10 Å². The van der Waals surface area contributed by atoms with Gasteiger partial charge in [0, 0.05) is 49.2 Å². The van der Waals surface area contributed by atoms with E-state index in [4.69, 9.17) is 4.84 Å². The standard InChI is InChI=1S/C28H39FN2O2/c1-27(2)15-8-16-28(3,4)31(27)33-25-19-30(17-21-9-6-5-7-10-21)18-23(20-32)26(25)22-11-13-24(29)14-12-22/h5-7,9-14,23,25-26,32H,8,15-20H2,1-4H3/t23-,25+,26-/m0/s1. The molecule has 33 heavy (non-hydrogen) atoms. The summed E-state index contributed by atoms with van der Waals surface area (Å²) in [5.74, 6) is -0.235. The van der Waals surface area contributed by atoms with Gasteiger partial charge < -0.3 is 5.11 Å². The molecule has 2 aromatic carbocycles. The molecule has 2 saturated heterocycles. The molecule has 5 heteroatoms. The minimum absolute atomic E-state index is 0.00356. The van der Waals surface area contributed by atoms with Gasteiger partial charge in [0.25, 0.3) is 0 Å². The molecule has 2 aliphatic heterocycles. The van der Waals surface area contributed by atoms with Crippen molar-refractivity contribution < 1.29 is 14.3 Å². The predicted octanol–water partition coefficient (Wildman–Crippen LogP) is 5.38. The van der Waals surface area contributed by atoms with E-state index in [1.165, 1.54) is 24.1 Å². The molecule has 2 heterocycles. The smallest absolute Gasteiger partial charge is 0.123 e. The van der Waals surface area contributed by atoms with Crippen molar-refractivity contribution in [1.29, 1.82) is 0 Å². The van der Waals surface area contributed by atoms with Gasteiger partial charge in [-0.05, 0) is 70.2 Å². The first kappa shape index (κ1) is 24.3. The number of nitrogens with zero attached hydrogens (tertiary/aromatic N) is 2. The van der Waals surface area contributed by atoms with Crippen LogP contribution in [0.2, 0.25) is 0 Å². The first-order valence-electron chi connectivity index (χ1n) is 12.3. The fraction of sp³-hybridized carbons (Fsp3) is 0.571. The Morgan fingerprint density at radius 2 is 1.58 bits per heavy atom. The Hall–Kier alpha value is -1.79. The maximum Gasteiger partial charge on any atom is 0.123 e. The van der Waals surface area contributed by atoms with Gasteiger partial charge in [-0.3, -0.25) is 9.74 Å². The average molecular weight is 455 g/mol. The normalized spacial score (nSPS) is 28.0. The van der Waals surface area contributed by atoms with Gasteiger partial charge in [-0.1, -0.05) is 42.5 Å². The summed E-state index contributed by atoms with van der Waals surface area (Å²) in [6.07, 6.45) is 3.22. The third kappa shape index (κ3) is 5.48. The summed E-state index contributed by atoms with van der Waals surface area (Å²) in [5.41, 5.74) is 2.14. The van der Waals surface area contributed by atoms with Crippen molar-refractivity contribution in [2.24, 2.45) is 5.92 Å². The molecule has 4 nitrogen and oxygen atoms in total. The lowest BCUT2D eigenvalue weighted by Crippen LogP contribution is -2.62. The van der Waals surface area contributed by atoms with E-state index in [0.717, 1.165) is 38.0 Å². The van der Waals surface area contributed by atoms with E-state index in [0.29, 0.717) is 0 Å². The second-order valence-electron chi connectivity index (χ2n) is 11.1. The zero-order valence-corrected chi connectivity index (χ0v) is 20.5. The van der Waals surface area contributed by atoms with Crippen molar-refractivity contribution in [3.8, 4) is 0 Å². The van der Waals surface area contributed by atoms with Gasteiger partial charge in [-0.2, -0.15) is 5.06 Å². The van der Waals surface area contributed by atoms with Crippen LogP contribution in [-0.2, 0) is 11.4 Å². The highest BCUT2D eigenvalue weighted by Gasteiger charge is 2.47. The summed E-state index contributed by atoms with van der Waals surface area (Å²) in [4.78, 5) is 9.34. The topological polar surface area (TPSA) is 35.9 Å². The summed E-state index contributed by atoms with van der Waals surface area (Å²) in [6.45, 7) is 11.5. The van der Waals surface area contributed by atoms with Crippen molar-refractivity contribution in [2.75, 3.05) is 19.7 Å². The van der Waals surface area contributed by atoms with Gasteiger partial charge in [-0.15, -0.1) is 0 Å². The van der Waals surface area contributed by atoms with Crippen molar-refractivity contribution in [3.63, 3.8) is 0 Å². The van der Waals surface area contributed by atoms with E-state index < -0.39 is 0 Å². The lowest BCUT2D eigenvalue weighted by molar-refractivity contribution is -0.316. The first-order chi connectivity index (χ1) is 15.7. The Balaban J connectivity index is 1.66. The number of halogens is 1. The van der Waals surface area contributed by atoms with Gasteiger partial charge in [0.1, 0.15) is 5.82 Å². The van der Waals surface area contributed by atoms with Crippen molar-refractivity contribution in [1.82, 2.24) is 9.96 Å². The minimum Gasteiger partial charge on any atom is -0.396 e. The Bertz CT molecular complexity index is 884. The molecular formula is C28H39FN2O2. The molecule has 0 aliphatic carbocycles. The van der Waals surface area contributed by atoms with Crippen LogP contribution in [0.25, 0.3) is 0 Å². The highest BCUT2D eigenvalue weighted by Crippen LogP contribution is 2.42. The van der Waals surface area contributed by atoms with Crippen LogP contribution in [0.3, 0.4) is 0 Å². The highest BCUT2D eigenvalue weighted by atomic mass is 19.1. The molecule has 3 atom stereocenters. The molecule has 180 valence electrons. The molecule has 0 bridgehead atoms. The van der Waals surface area contributed by atoms with Crippen LogP contribution < -0.4 is 0 Å². The zero-order chi connectivity index (χ0) is 23.6. The Morgan fingerprint density at radius 3 is 2.18 bits per heavy atom. The summed E-state index contributed by atoms with van der Waals surface area (Å²) in [7, 11) is 0. The number of hydroxylamine groups is 2. The number of rotatable bonds is 6. The molecule has 0 aromatic heterocycles. The quantitative estimate of drug-likeness (QED) is 0.636. The Kier molecular flexibility index (Phi) is 7.25. The molecule has 0 unspecified atom stereocenters. The molecule has 2 aliphatic rings. The second kappa shape index (κ2) is 9.83. The maximum atomic E-state index is 13.7. The Morgan fingerprint density at radius 1 is 0.939 bits per heavy atom. The van der Waals surface area contributed by atoms with Crippen LogP contribution in [0.15, 0.2) is 54.6 Å². The van der Waals surface area contributed by atoms with E-state index in [2.05, 4.69) is 61.9 Å². The highest BCUT2D eigenvalue weighted by molar-refractivity contribution is 5.24. The van der Waals surface area contributed by atoms with Crippen molar-refractivity contribution in [2.45, 2.75) is 76.6 Å². The fourth-order valence-corrected chi connectivity index (χ4v) is 6.00. The molecular weight excluding hydrogens is 415 g/mol. The van der Waals surface area contributed by atoms with E-state index in [9.17, 15) is 9.50 Å². The SMILES string of the molecule is CC1(C)CCCC(C)(C)N1O[C@@H]1CN(Cc2ccccc2)C[C@@H](CO)[C@@H]1c1ccc(F)cc1. The summed E-state index contributed by atoms with van der Waals surface area (Å²) >= 11 is 0. The number of hydrogen-bond donors (Lipinski definition) is 1. The largest absolute Gasteiger partial charge is 0.396 e. The van der Waals surface area contributed by atoms with Crippen molar-refractivity contribution >= 4 is 0 Å². The average Bonchev–Trinajstić information content (AvgIpc) is 2.77. The number of piperidine rings is 2. The van der Waals surface area contributed by atoms with Crippen LogP contribution in [-0.4, -0.2) is 51.9 Å². The van der Waals surface area contributed by atoms with Crippen LogP contribution in [0.1, 0.15) is 64.0 Å². The number of hydrogen-bond acceptors (Lipinski definition) is 4. The molecule has 2 fully saturated rings. The minimum atomic E-state index is -0.239. The molecule has 1 N–H and O–H groups in total. The number of aliphatic hydroxyl groups excluding tert-OH is 1. The second-order valence-corrected chi connectivity index (χ2v) is 11.1. The molecule has 0 radical (unpaired) electrons. The fourth-order valence-electron chi connectivity index (χ4n) is 6.00. The van der Waals surface area contributed by atoms with Crippen LogP contribution in [0.5, 0.6) is 0 Å². The maximum absolute atomic E-state index is 13.7. The lowest BCUT2D eigenvalue weighted by atomic mass is 9.78. The lowest BCUT2D eigenvalue weighted by Gasteiger charge is -2.54. The van der Waals surface area contributed by atoms with E-state index in [-0.39, 0.29) is 41.4 Å². The monoisotopic (exact) mass is 454 g/mol. The van der Waals surface area contributed by atoms with Crippen LogP contribution >= 0.6 is 0 Å². The van der Waals surface area contributed by atoms with Crippen molar-refractivity contribution in [3.05, 3.63) is 71.5 Å². The van der Waals surface area contributed by atoms with Crippen LogP contribution in [0.4, 0.5) is 4.39 Å². The summed E-state index contributed by atoms with van der Waals surface area (Å²) < 4.78 is 13.7. The number of aliphatic hydroxyl groups is 1. The predicted molar refractivity (Wildman–Crippen MR) is 130 cm³/mol. The molecule has 0 saturated carbocycles. The van der Waals surface area contributed by atoms with E-state index in [1.54, 1.807) is 0 Å². The molecule has 0 amide bonds. The summed E-state index contributed by atoms with van der Waals surface area (Å²) in [6, 6.07) is 17.2. The Labute approximate surface area is 198 Å². The first-order valence-corrected chi connectivity index (χ1v) is 12.3. The third-order valence-corrected chi connectivity index (χ3v) is 7.50. The van der Waals surface area contributed by atoms with E-state index in [1.807, 2.05) is 18.2 Å². The van der Waals surface area contributed by atoms with Gasteiger partial charge in [0.2, 0.25) is 0 Å². The number of benzene rings is 2. The number of likely N-dealkylation sites (tertiary alicyclic amines) is 1. The molecule has 0 spiro atoms. The zero-order valence-electron chi connectivity index (χ0n) is 20.5. The van der Waals surface area contributed by atoms with E-state index >= 15 is 0 Å². The third-order valence-electron chi connectivity index (χ3n) is 7.50. The molecule has 2 aromatic rings. The molecule has 4 rings (SSSR count). The van der Waals surface area contributed by atoms with Gasteiger partial charge in [0.15, 0.2) is 0 Å².